The average Bonchev–Trinajstić information content (AvgIpc) is 2.94. The molecule has 0 spiro atoms. The Morgan fingerprint density at radius 1 is 1.17 bits per heavy atom. The van der Waals surface area contributed by atoms with Crippen molar-refractivity contribution >= 4 is 41.3 Å². The van der Waals surface area contributed by atoms with Crippen LogP contribution in [0.3, 0.4) is 0 Å². The van der Waals surface area contributed by atoms with Gasteiger partial charge in [-0.15, -0.1) is 35.3 Å². The molecule has 0 fully saturated rings. The van der Waals surface area contributed by atoms with Gasteiger partial charge >= 0.3 is 0 Å². The van der Waals surface area contributed by atoms with Crippen molar-refractivity contribution in [1.29, 1.82) is 0 Å². The molecule has 2 rings (SSSR count). The van der Waals surface area contributed by atoms with Crippen LogP contribution in [0.5, 0.6) is 0 Å². The van der Waals surface area contributed by atoms with Crippen LogP contribution in [-0.4, -0.2) is 30.6 Å². The maximum Gasteiger partial charge on any atom is 0.191 e. The highest BCUT2D eigenvalue weighted by atomic mass is 127. The van der Waals surface area contributed by atoms with E-state index in [9.17, 15) is 0 Å². The second-order valence-corrected chi connectivity index (χ2v) is 7.00. The molecule has 1 aromatic rings. The lowest BCUT2D eigenvalue weighted by Gasteiger charge is -2.10. The normalized spacial score (nSPS) is 14.1. The summed E-state index contributed by atoms with van der Waals surface area (Å²) in [6, 6.07) is 0. The third kappa shape index (κ3) is 7.37. The number of hydrogen-bond acceptors (Lipinski definition) is 3. The van der Waals surface area contributed by atoms with E-state index in [1.165, 1.54) is 49.2 Å². The van der Waals surface area contributed by atoms with Crippen LogP contribution >= 0.6 is 35.3 Å². The number of nitrogens with zero attached hydrogens (tertiary/aromatic N) is 2. The number of fused-ring (bicyclic) bond motifs is 1. The topological polar surface area (TPSA) is 49.3 Å². The Kier molecular flexibility index (Phi) is 10.8. The van der Waals surface area contributed by atoms with E-state index in [4.69, 9.17) is 4.98 Å². The largest absolute Gasteiger partial charge is 0.357 e. The van der Waals surface area contributed by atoms with Crippen molar-refractivity contribution in [3.8, 4) is 0 Å². The minimum atomic E-state index is 0. The van der Waals surface area contributed by atoms with Gasteiger partial charge in [0.05, 0.1) is 10.7 Å². The minimum absolute atomic E-state index is 0. The van der Waals surface area contributed by atoms with Gasteiger partial charge in [0.25, 0.3) is 0 Å². The molecule has 132 valence electrons. The molecule has 0 amide bonds. The highest BCUT2D eigenvalue weighted by Gasteiger charge is 2.14. The number of aryl methyl sites for hydroxylation is 3. The van der Waals surface area contributed by atoms with Gasteiger partial charge in [-0.25, -0.2) is 4.98 Å². The van der Waals surface area contributed by atoms with Crippen LogP contribution < -0.4 is 10.6 Å². The summed E-state index contributed by atoms with van der Waals surface area (Å²) in [5, 5.41) is 8.00. The van der Waals surface area contributed by atoms with Crippen LogP contribution in [0.1, 0.15) is 61.5 Å². The molecular formula is C17H31IN4S. The summed E-state index contributed by atoms with van der Waals surface area (Å²) in [7, 11) is 0. The van der Waals surface area contributed by atoms with E-state index in [0.717, 1.165) is 38.4 Å². The summed E-state index contributed by atoms with van der Waals surface area (Å²) >= 11 is 1.93. The summed E-state index contributed by atoms with van der Waals surface area (Å²) in [4.78, 5) is 11.0. The third-order valence-electron chi connectivity index (χ3n) is 3.88. The van der Waals surface area contributed by atoms with Crippen LogP contribution in [0.4, 0.5) is 0 Å². The Morgan fingerprint density at radius 3 is 2.74 bits per heavy atom. The first-order valence-electron chi connectivity index (χ1n) is 8.83. The molecule has 0 unspecified atom stereocenters. The van der Waals surface area contributed by atoms with Crippen molar-refractivity contribution in [3.63, 3.8) is 0 Å². The molecule has 1 aliphatic carbocycles. The van der Waals surface area contributed by atoms with Gasteiger partial charge in [0.2, 0.25) is 0 Å². The van der Waals surface area contributed by atoms with Crippen LogP contribution in [0.15, 0.2) is 4.99 Å². The molecule has 1 heterocycles. The molecular weight excluding hydrogens is 419 g/mol. The number of halogens is 1. The lowest BCUT2D eigenvalue weighted by Crippen LogP contribution is -2.37. The SMILES string of the molecule is CCCCNC(=NCCCc1nc2c(s1)CCCC2)NCC.I. The van der Waals surface area contributed by atoms with Crippen molar-refractivity contribution < 1.29 is 0 Å². The lowest BCUT2D eigenvalue weighted by molar-refractivity contribution is 0.679. The number of hydrogen-bond donors (Lipinski definition) is 2. The molecule has 2 N–H and O–H groups in total. The summed E-state index contributed by atoms with van der Waals surface area (Å²) in [6.45, 7) is 7.10. The lowest BCUT2D eigenvalue weighted by atomic mass is 10.0. The van der Waals surface area contributed by atoms with E-state index in [0.29, 0.717) is 0 Å². The Balaban J connectivity index is 0.00000264. The Labute approximate surface area is 162 Å². The van der Waals surface area contributed by atoms with E-state index >= 15 is 0 Å². The van der Waals surface area contributed by atoms with E-state index in [2.05, 4.69) is 29.5 Å². The molecule has 0 radical (unpaired) electrons. The molecule has 0 saturated heterocycles. The number of guanidine groups is 1. The molecule has 0 aromatic carbocycles. The summed E-state index contributed by atoms with van der Waals surface area (Å²) < 4.78 is 0. The smallest absolute Gasteiger partial charge is 0.191 e. The highest BCUT2D eigenvalue weighted by Crippen LogP contribution is 2.27. The zero-order valence-corrected chi connectivity index (χ0v) is 17.6. The van der Waals surface area contributed by atoms with Crippen molar-refractivity contribution in [2.75, 3.05) is 19.6 Å². The molecule has 6 heteroatoms. The molecule has 0 aliphatic heterocycles. The van der Waals surface area contributed by atoms with Crippen molar-refractivity contribution in [2.45, 2.75) is 65.2 Å². The number of rotatable bonds is 8. The van der Waals surface area contributed by atoms with Gasteiger partial charge in [-0.2, -0.15) is 0 Å². The van der Waals surface area contributed by atoms with Gasteiger partial charge < -0.3 is 10.6 Å². The molecule has 0 saturated carbocycles. The summed E-state index contributed by atoms with van der Waals surface area (Å²) in [5.74, 6) is 0.953. The van der Waals surface area contributed by atoms with Gasteiger partial charge in [-0.1, -0.05) is 13.3 Å². The predicted molar refractivity (Wildman–Crippen MR) is 111 cm³/mol. The maximum absolute atomic E-state index is 4.80. The first-order valence-corrected chi connectivity index (χ1v) is 9.64. The fourth-order valence-electron chi connectivity index (χ4n) is 2.66. The number of thiazole rings is 1. The minimum Gasteiger partial charge on any atom is -0.357 e. The molecule has 0 bridgehead atoms. The van der Waals surface area contributed by atoms with Gasteiger partial charge in [0.15, 0.2) is 5.96 Å². The monoisotopic (exact) mass is 450 g/mol. The Hall–Kier alpha value is -0.370. The zero-order chi connectivity index (χ0) is 15.6. The first kappa shape index (κ1) is 20.7. The Morgan fingerprint density at radius 2 is 2.00 bits per heavy atom. The number of aliphatic imine (C=N–C) groups is 1. The van der Waals surface area contributed by atoms with Crippen molar-refractivity contribution in [1.82, 2.24) is 15.6 Å². The van der Waals surface area contributed by atoms with Gasteiger partial charge in [-0.3, -0.25) is 4.99 Å². The predicted octanol–water partition coefficient (Wildman–Crippen LogP) is 3.93. The second-order valence-electron chi connectivity index (χ2n) is 5.83. The second kappa shape index (κ2) is 12.1. The van der Waals surface area contributed by atoms with E-state index in [1.807, 2.05) is 11.3 Å². The highest BCUT2D eigenvalue weighted by molar-refractivity contribution is 14.0. The van der Waals surface area contributed by atoms with Crippen molar-refractivity contribution in [2.24, 2.45) is 4.99 Å². The first-order chi connectivity index (χ1) is 10.8. The molecule has 23 heavy (non-hydrogen) atoms. The van der Waals surface area contributed by atoms with Crippen LogP contribution in [-0.2, 0) is 19.3 Å². The quantitative estimate of drug-likeness (QED) is 0.273. The van der Waals surface area contributed by atoms with Crippen LogP contribution in [0.25, 0.3) is 0 Å². The summed E-state index contributed by atoms with van der Waals surface area (Å²) in [6.07, 6.45) is 9.64. The summed E-state index contributed by atoms with van der Waals surface area (Å²) in [5.41, 5.74) is 1.38. The van der Waals surface area contributed by atoms with E-state index < -0.39 is 0 Å². The Bertz CT molecular complexity index is 450. The molecule has 1 aromatic heterocycles. The average molecular weight is 450 g/mol. The number of unbranched alkanes of at least 4 members (excludes halogenated alkanes) is 1. The van der Waals surface area contributed by atoms with E-state index in [1.54, 1.807) is 4.88 Å². The third-order valence-corrected chi connectivity index (χ3v) is 5.09. The number of nitrogens with one attached hydrogen (secondary N) is 2. The maximum atomic E-state index is 4.80. The molecule has 1 aliphatic rings. The zero-order valence-electron chi connectivity index (χ0n) is 14.5. The van der Waals surface area contributed by atoms with E-state index in [-0.39, 0.29) is 24.0 Å². The van der Waals surface area contributed by atoms with Crippen molar-refractivity contribution in [3.05, 3.63) is 15.6 Å². The fraction of sp³-hybridized carbons (Fsp3) is 0.765. The van der Waals surface area contributed by atoms with Crippen LogP contribution in [0.2, 0.25) is 0 Å². The molecule has 4 nitrogen and oxygen atoms in total. The van der Waals surface area contributed by atoms with Gasteiger partial charge in [0, 0.05) is 30.9 Å². The number of aromatic nitrogens is 1. The fourth-order valence-corrected chi connectivity index (χ4v) is 3.86. The van der Waals surface area contributed by atoms with Gasteiger partial charge in [0.1, 0.15) is 0 Å². The standard InChI is InChI=1S/C17H30N4S.HI/c1-3-5-12-19-17(18-4-2)20-13-8-11-16-21-14-9-6-7-10-15(14)22-16;/h3-13H2,1-2H3,(H2,18,19,20);1H. The molecule has 0 atom stereocenters. The van der Waals surface area contributed by atoms with Gasteiger partial charge in [-0.05, 0) is 45.4 Å². The van der Waals surface area contributed by atoms with Crippen LogP contribution in [0, 0.1) is 0 Å².